The summed E-state index contributed by atoms with van der Waals surface area (Å²) in [7, 11) is 2.58. The number of ketones is 1. The van der Waals surface area contributed by atoms with Crippen molar-refractivity contribution >= 4 is 40.1 Å². The van der Waals surface area contributed by atoms with Gasteiger partial charge in [-0.05, 0) is 43.9 Å². The number of hydrogen-bond donors (Lipinski definition) is 0. The lowest BCUT2D eigenvalue weighted by Gasteiger charge is -2.35. The standard InChI is InChI=1S/C25H24N2O7S/c1-12-21(24(31)33-3)35-25(26-12)27-18(13-8-10-14(11-9-13)23(30)32-2)17-19(28)15-6-4-5-7-16(15)34-20(17)22(27)29/h8-11,15-16,18H,4-7H2,1-3H3. The summed E-state index contributed by atoms with van der Waals surface area (Å²) in [6.45, 7) is 1.66. The highest BCUT2D eigenvalue weighted by atomic mass is 32.1. The number of fused-ring (bicyclic) bond motifs is 1. The molecular formula is C25H24N2O7S. The first kappa shape index (κ1) is 23.2. The molecule has 3 unspecified atom stereocenters. The zero-order valence-corrected chi connectivity index (χ0v) is 20.3. The molecule has 2 aromatic rings. The molecule has 10 heteroatoms. The van der Waals surface area contributed by atoms with E-state index < -0.39 is 23.9 Å². The summed E-state index contributed by atoms with van der Waals surface area (Å²) in [5.74, 6) is -1.84. The van der Waals surface area contributed by atoms with Gasteiger partial charge in [-0.15, -0.1) is 0 Å². The number of ether oxygens (including phenoxy) is 3. The van der Waals surface area contributed by atoms with Crippen LogP contribution in [-0.2, 0) is 23.8 Å². The first-order valence-electron chi connectivity index (χ1n) is 11.4. The highest BCUT2D eigenvalue weighted by molar-refractivity contribution is 7.17. The molecule has 3 heterocycles. The molecule has 9 nitrogen and oxygen atoms in total. The van der Waals surface area contributed by atoms with Gasteiger partial charge < -0.3 is 14.2 Å². The molecule has 1 aromatic carbocycles. The number of methoxy groups -OCH3 is 2. The van der Waals surface area contributed by atoms with E-state index in [2.05, 4.69) is 4.98 Å². The monoisotopic (exact) mass is 496 g/mol. The number of rotatable bonds is 4. The van der Waals surface area contributed by atoms with E-state index in [1.807, 2.05) is 0 Å². The number of anilines is 1. The summed E-state index contributed by atoms with van der Waals surface area (Å²) >= 11 is 1.03. The summed E-state index contributed by atoms with van der Waals surface area (Å²) in [5.41, 5.74) is 1.69. The van der Waals surface area contributed by atoms with E-state index in [1.54, 1.807) is 31.2 Å². The Morgan fingerprint density at radius 1 is 1.06 bits per heavy atom. The third kappa shape index (κ3) is 3.72. The Bertz CT molecular complexity index is 1260. The summed E-state index contributed by atoms with van der Waals surface area (Å²) < 4.78 is 15.8. The minimum Gasteiger partial charge on any atom is -0.483 e. The van der Waals surface area contributed by atoms with E-state index in [-0.39, 0.29) is 33.6 Å². The second-order valence-electron chi connectivity index (χ2n) is 8.75. The van der Waals surface area contributed by atoms with Crippen molar-refractivity contribution in [2.24, 2.45) is 5.92 Å². The molecule has 1 aliphatic carbocycles. The van der Waals surface area contributed by atoms with Gasteiger partial charge in [-0.2, -0.15) is 0 Å². The van der Waals surface area contributed by atoms with Gasteiger partial charge in [0, 0.05) is 0 Å². The molecule has 1 saturated carbocycles. The number of nitrogens with zero attached hydrogens (tertiary/aromatic N) is 2. The van der Waals surface area contributed by atoms with Crippen LogP contribution in [0, 0.1) is 12.8 Å². The first-order chi connectivity index (χ1) is 16.8. The van der Waals surface area contributed by atoms with Crippen molar-refractivity contribution in [3.05, 3.63) is 57.3 Å². The fourth-order valence-electron chi connectivity index (χ4n) is 5.04. The van der Waals surface area contributed by atoms with Crippen molar-refractivity contribution in [3.8, 4) is 0 Å². The summed E-state index contributed by atoms with van der Waals surface area (Å²) in [5, 5.41) is 0.267. The number of aromatic nitrogens is 1. The lowest BCUT2D eigenvalue weighted by Crippen LogP contribution is -2.39. The van der Waals surface area contributed by atoms with Gasteiger partial charge in [0.25, 0.3) is 5.91 Å². The molecule has 35 heavy (non-hydrogen) atoms. The Hall–Kier alpha value is -3.53. The normalized spacial score (nSPS) is 23.5. The van der Waals surface area contributed by atoms with Crippen molar-refractivity contribution in [2.75, 3.05) is 19.1 Å². The van der Waals surface area contributed by atoms with Crippen LogP contribution < -0.4 is 4.90 Å². The molecule has 3 atom stereocenters. The largest absolute Gasteiger partial charge is 0.483 e. The zero-order valence-electron chi connectivity index (χ0n) is 19.5. The molecule has 5 rings (SSSR count). The predicted molar refractivity (Wildman–Crippen MR) is 125 cm³/mol. The number of benzene rings is 1. The molecule has 0 spiro atoms. The van der Waals surface area contributed by atoms with Crippen molar-refractivity contribution in [1.29, 1.82) is 0 Å². The number of hydrogen-bond acceptors (Lipinski definition) is 9. The van der Waals surface area contributed by atoms with Gasteiger partial charge in [-0.25, -0.2) is 14.6 Å². The zero-order chi connectivity index (χ0) is 24.9. The van der Waals surface area contributed by atoms with Gasteiger partial charge in [-0.1, -0.05) is 29.9 Å². The third-order valence-electron chi connectivity index (χ3n) is 6.77. The third-order valence-corrected chi connectivity index (χ3v) is 7.91. The molecule has 1 amide bonds. The van der Waals surface area contributed by atoms with Crippen LogP contribution in [0.2, 0.25) is 0 Å². The Morgan fingerprint density at radius 3 is 2.43 bits per heavy atom. The molecule has 2 aliphatic heterocycles. The van der Waals surface area contributed by atoms with Crippen LogP contribution in [0.5, 0.6) is 0 Å². The minimum atomic E-state index is -0.796. The van der Waals surface area contributed by atoms with Gasteiger partial charge >= 0.3 is 11.9 Å². The molecule has 0 bridgehead atoms. The molecular weight excluding hydrogens is 472 g/mol. The fraction of sp³-hybridized carbons (Fsp3) is 0.400. The number of thiazole rings is 1. The summed E-state index contributed by atoms with van der Waals surface area (Å²) in [6.07, 6.45) is 3.00. The Balaban J connectivity index is 1.63. The van der Waals surface area contributed by atoms with E-state index in [0.717, 1.165) is 30.6 Å². The summed E-state index contributed by atoms with van der Waals surface area (Å²) in [4.78, 5) is 57.7. The van der Waals surface area contributed by atoms with Crippen molar-refractivity contribution in [2.45, 2.75) is 44.8 Å². The lowest BCUT2D eigenvalue weighted by molar-refractivity contribution is -0.131. The minimum absolute atomic E-state index is 0.0488. The van der Waals surface area contributed by atoms with Gasteiger partial charge in [0.2, 0.25) is 0 Å². The number of esters is 2. The predicted octanol–water partition coefficient (Wildman–Crippen LogP) is 3.52. The van der Waals surface area contributed by atoms with Crippen LogP contribution in [0.15, 0.2) is 35.6 Å². The molecule has 3 aliphatic rings. The maximum absolute atomic E-state index is 13.7. The molecule has 182 valence electrons. The van der Waals surface area contributed by atoms with E-state index in [1.165, 1.54) is 19.1 Å². The smallest absolute Gasteiger partial charge is 0.350 e. The van der Waals surface area contributed by atoms with Crippen LogP contribution >= 0.6 is 11.3 Å². The van der Waals surface area contributed by atoms with Crippen molar-refractivity contribution in [3.63, 3.8) is 0 Å². The lowest BCUT2D eigenvalue weighted by atomic mass is 9.77. The highest BCUT2D eigenvalue weighted by Gasteiger charge is 2.53. The molecule has 0 N–H and O–H groups in total. The molecule has 1 fully saturated rings. The Kier molecular flexibility index (Phi) is 5.92. The number of carbonyl (C=O) groups is 4. The van der Waals surface area contributed by atoms with Gasteiger partial charge in [0.15, 0.2) is 16.7 Å². The van der Waals surface area contributed by atoms with Gasteiger partial charge in [0.1, 0.15) is 11.0 Å². The van der Waals surface area contributed by atoms with Crippen molar-refractivity contribution < 1.29 is 33.4 Å². The van der Waals surface area contributed by atoms with E-state index in [4.69, 9.17) is 14.2 Å². The molecule has 0 radical (unpaired) electrons. The number of amides is 1. The van der Waals surface area contributed by atoms with E-state index >= 15 is 0 Å². The van der Waals surface area contributed by atoms with Gasteiger partial charge in [-0.3, -0.25) is 14.5 Å². The SMILES string of the molecule is COC(=O)c1ccc(C2C3=C(OC4CCCCC4C3=O)C(=O)N2c2nc(C)c(C(=O)OC)s2)cc1. The first-order valence-corrected chi connectivity index (χ1v) is 12.2. The van der Waals surface area contributed by atoms with Crippen LogP contribution in [0.4, 0.5) is 5.13 Å². The van der Waals surface area contributed by atoms with Crippen LogP contribution in [0.3, 0.4) is 0 Å². The number of Topliss-reactive ketones (excluding diaryl/α,β-unsaturated/α-hetero) is 1. The fourth-order valence-corrected chi connectivity index (χ4v) is 6.06. The van der Waals surface area contributed by atoms with Crippen LogP contribution in [0.1, 0.15) is 63.0 Å². The average molecular weight is 497 g/mol. The molecule has 1 aromatic heterocycles. The maximum atomic E-state index is 13.7. The summed E-state index contributed by atoms with van der Waals surface area (Å²) in [6, 6.07) is 5.76. The second-order valence-corrected chi connectivity index (χ2v) is 9.73. The molecule has 0 saturated heterocycles. The van der Waals surface area contributed by atoms with E-state index in [0.29, 0.717) is 28.8 Å². The van der Waals surface area contributed by atoms with Crippen LogP contribution in [-0.4, -0.2) is 48.9 Å². The quantitative estimate of drug-likeness (QED) is 0.591. The highest BCUT2D eigenvalue weighted by Crippen LogP contribution is 2.49. The second kappa shape index (κ2) is 8.92. The Labute approximate surface area is 205 Å². The van der Waals surface area contributed by atoms with E-state index in [9.17, 15) is 19.2 Å². The maximum Gasteiger partial charge on any atom is 0.350 e. The van der Waals surface area contributed by atoms with Gasteiger partial charge in [0.05, 0.1) is 43.0 Å². The van der Waals surface area contributed by atoms with Crippen LogP contribution in [0.25, 0.3) is 0 Å². The Morgan fingerprint density at radius 2 is 1.74 bits per heavy atom. The topological polar surface area (TPSA) is 112 Å². The van der Waals surface area contributed by atoms with Crippen molar-refractivity contribution in [1.82, 2.24) is 4.98 Å². The number of aryl methyl sites for hydroxylation is 1. The number of carbonyl (C=O) groups excluding carboxylic acids is 4. The average Bonchev–Trinajstić information content (AvgIpc) is 3.40.